The molecular weight excluding hydrogens is 296 g/mol. The fraction of sp³-hybridized carbons (Fsp3) is 0.353. The Hall–Kier alpha value is -1.56. The smallest absolute Gasteiger partial charge is 0.166 e. The van der Waals surface area contributed by atoms with Crippen molar-refractivity contribution in [3.63, 3.8) is 0 Å². The topological polar surface area (TPSA) is 38.0 Å². The maximum atomic E-state index is 5.95. The Morgan fingerprint density at radius 2 is 1.95 bits per heavy atom. The molecule has 0 saturated carbocycles. The second kappa shape index (κ2) is 6.28. The van der Waals surface area contributed by atoms with Crippen molar-refractivity contribution in [3.05, 3.63) is 47.7 Å². The summed E-state index contributed by atoms with van der Waals surface area (Å²) in [4.78, 5) is 7.03. The number of fused-ring (bicyclic) bond motifs is 1. The molecule has 4 nitrogen and oxygen atoms in total. The van der Waals surface area contributed by atoms with Gasteiger partial charge in [0.05, 0.1) is 30.5 Å². The van der Waals surface area contributed by atoms with Crippen molar-refractivity contribution < 1.29 is 9.15 Å². The summed E-state index contributed by atoms with van der Waals surface area (Å²) in [5.41, 5.74) is 2.38. The molecule has 2 aliphatic heterocycles. The lowest BCUT2D eigenvalue weighted by molar-refractivity contribution is 0.0309. The second-order valence-corrected chi connectivity index (χ2v) is 6.60. The molecule has 2 aromatic rings. The number of furan rings is 1. The first-order valence-corrected chi connectivity index (χ1v) is 8.40. The third kappa shape index (κ3) is 3.11. The molecule has 0 bridgehead atoms. The van der Waals surface area contributed by atoms with Crippen LogP contribution >= 0.6 is 11.8 Å². The highest BCUT2D eigenvalue weighted by atomic mass is 32.2. The van der Waals surface area contributed by atoms with Crippen molar-refractivity contribution >= 4 is 22.5 Å². The summed E-state index contributed by atoms with van der Waals surface area (Å²) >= 11 is 1.63. The maximum Gasteiger partial charge on any atom is 0.166 e. The molecule has 0 amide bonds. The molecule has 0 radical (unpaired) electrons. The molecule has 1 aromatic heterocycles. The van der Waals surface area contributed by atoms with Gasteiger partial charge in [0.15, 0.2) is 5.09 Å². The van der Waals surface area contributed by atoms with E-state index >= 15 is 0 Å². The van der Waals surface area contributed by atoms with Gasteiger partial charge in [-0.25, -0.2) is 4.99 Å². The van der Waals surface area contributed by atoms with E-state index in [0.717, 1.165) is 60.9 Å². The number of hydrogen-bond donors (Lipinski definition) is 0. The van der Waals surface area contributed by atoms with E-state index in [2.05, 4.69) is 34.2 Å². The molecule has 3 heterocycles. The van der Waals surface area contributed by atoms with Gasteiger partial charge in [-0.05, 0) is 35.5 Å². The average Bonchev–Trinajstić information content (AvgIpc) is 3.14. The Labute approximate surface area is 134 Å². The van der Waals surface area contributed by atoms with Crippen LogP contribution in [-0.4, -0.2) is 36.2 Å². The van der Waals surface area contributed by atoms with E-state index < -0.39 is 0 Å². The number of hydrogen-bond acceptors (Lipinski definition) is 5. The number of rotatable bonds is 3. The molecule has 22 heavy (non-hydrogen) atoms. The highest BCUT2D eigenvalue weighted by Gasteiger charge is 2.17. The van der Waals surface area contributed by atoms with E-state index in [-0.39, 0.29) is 0 Å². The molecule has 5 heteroatoms. The Bertz CT molecular complexity index is 689. The van der Waals surface area contributed by atoms with E-state index in [0.29, 0.717) is 0 Å². The third-order valence-corrected chi connectivity index (χ3v) is 4.81. The molecular formula is C17H18N2O2S. The zero-order chi connectivity index (χ0) is 14.8. The lowest BCUT2D eigenvalue weighted by Crippen LogP contribution is -2.35. The lowest BCUT2D eigenvalue weighted by Gasteiger charge is -2.25. The van der Waals surface area contributed by atoms with Crippen LogP contribution in [0.25, 0.3) is 0 Å². The minimum absolute atomic E-state index is 0.817. The van der Waals surface area contributed by atoms with Crippen LogP contribution in [0, 0.1) is 0 Å². The predicted molar refractivity (Wildman–Crippen MR) is 87.9 cm³/mol. The van der Waals surface area contributed by atoms with Gasteiger partial charge >= 0.3 is 0 Å². The molecule has 114 valence electrons. The summed E-state index contributed by atoms with van der Waals surface area (Å²) < 4.78 is 11.3. The number of para-hydroxylation sites is 1. The van der Waals surface area contributed by atoms with E-state index in [1.807, 2.05) is 12.1 Å². The summed E-state index contributed by atoms with van der Waals surface area (Å²) in [5, 5.41) is 2.03. The molecule has 1 fully saturated rings. The summed E-state index contributed by atoms with van der Waals surface area (Å²) in [6.07, 6.45) is 0.903. The van der Waals surface area contributed by atoms with Gasteiger partial charge in [-0.3, -0.25) is 4.90 Å². The summed E-state index contributed by atoms with van der Waals surface area (Å²) in [6.45, 7) is 4.45. The third-order valence-electron chi connectivity index (χ3n) is 3.92. The summed E-state index contributed by atoms with van der Waals surface area (Å²) in [5.74, 6) is 1.01. The lowest BCUT2D eigenvalue weighted by atomic mass is 10.2. The van der Waals surface area contributed by atoms with E-state index in [1.165, 1.54) is 5.56 Å². The number of ether oxygens (including phenoxy) is 1. The Morgan fingerprint density at radius 3 is 2.82 bits per heavy atom. The van der Waals surface area contributed by atoms with Crippen LogP contribution in [-0.2, 0) is 17.7 Å². The van der Waals surface area contributed by atoms with Crippen molar-refractivity contribution in [2.75, 3.05) is 26.3 Å². The highest BCUT2D eigenvalue weighted by molar-refractivity contribution is 8.13. The molecule has 1 saturated heterocycles. The van der Waals surface area contributed by atoms with Crippen LogP contribution in [0.2, 0.25) is 0 Å². The maximum absolute atomic E-state index is 5.95. The Morgan fingerprint density at radius 1 is 1.09 bits per heavy atom. The van der Waals surface area contributed by atoms with Crippen molar-refractivity contribution in [1.82, 2.24) is 4.90 Å². The Kier molecular flexibility index (Phi) is 4.01. The van der Waals surface area contributed by atoms with E-state index in [1.54, 1.807) is 11.8 Å². The van der Waals surface area contributed by atoms with Gasteiger partial charge in [-0.15, -0.1) is 0 Å². The predicted octanol–water partition coefficient (Wildman–Crippen LogP) is 3.49. The second-order valence-electron chi connectivity index (χ2n) is 5.52. The fourth-order valence-electron chi connectivity index (χ4n) is 2.76. The van der Waals surface area contributed by atoms with Crippen molar-refractivity contribution in [2.24, 2.45) is 4.99 Å². The van der Waals surface area contributed by atoms with E-state index in [9.17, 15) is 0 Å². The Balaban J connectivity index is 1.38. The van der Waals surface area contributed by atoms with Gasteiger partial charge in [0.25, 0.3) is 0 Å². The number of benzene rings is 1. The molecule has 0 aliphatic carbocycles. The van der Waals surface area contributed by atoms with Gasteiger partial charge in [-0.2, -0.15) is 0 Å². The van der Waals surface area contributed by atoms with Crippen molar-refractivity contribution in [3.8, 4) is 0 Å². The summed E-state index contributed by atoms with van der Waals surface area (Å²) in [6, 6.07) is 12.4. The van der Waals surface area contributed by atoms with Crippen LogP contribution in [0.4, 0.5) is 5.69 Å². The number of aliphatic imine (C=N–C) groups is 1. The molecule has 0 unspecified atom stereocenters. The largest absolute Gasteiger partial charge is 0.453 e. The molecule has 0 N–H and O–H groups in total. The molecule has 4 rings (SSSR count). The first kappa shape index (κ1) is 14.1. The van der Waals surface area contributed by atoms with E-state index in [4.69, 9.17) is 9.15 Å². The normalized spacial score (nSPS) is 18.3. The number of thioether (sulfide) groups is 1. The molecule has 0 atom stereocenters. The first-order chi connectivity index (χ1) is 10.9. The fourth-order valence-corrected chi connectivity index (χ4v) is 3.65. The molecule has 2 aliphatic rings. The standard InChI is InChI=1S/C17H18N2O2S/c1-2-4-15-13(3-1)11-16(18-15)22-17-6-5-14(21-17)12-19-7-9-20-10-8-19/h1-6H,7-12H2. The molecule has 0 spiro atoms. The van der Waals surface area contributed by atoms with Crippen LogP contribution in [0.15, 0.2) is 50.9 Å². The number of nitrogens with zero attached hydrogens (tertiary/aromatic N) is 2. The SMILES string of the molecule is c1ccc2c(c1)CC(Sc1ccc(CN3CCOCC3)o1)=N2. The molecule has 1 aromatic carbocycles. The number of morpholine rings is 1. The van der Waals surface area contributed by atoms with Crippen LogP contribution in [0.5, 0.6) is 0 Å². The van der Waals surface area contributed by atoms with Crippen LogP contribution in [0.1, 0.15) is 11.3 Å². The minimum Gasteiger partial charge on any atom is -0.453 e. The van der Waals surface area contributed by atoms with Gasteiger partial charge in [0.1, 0.15) is 5.76 Å². The monoisotopic (exact) mass is 314 g/mol. The minimum atomic E-state index is 0.817. The van der Waals surface area contributed by atoms with Gasteiger partial charge < -0.3 is 9.15 Å². The van der Waals surface area contributed by atoms with Crippen LogP contribution < -0.4 is 0 Å². The zero-order valence-corrected chi connectivity index (χ0v) is 13.1. The zero-order valence-electron chi connectivity index (χ0n) is 12.3. The average molecular weight is 314 g/mol. The highest BCUT2D eigenvalue weighted by Crippen LogP contribution is 2.33. The van der Waals surface area contributed by atoms with Gasteiger partial charge in [-0.1, -0.05) is 18.2 Å². The van der Waals surface area contributed by atoms with Crippen molar-refractivity contribution in [1.29, 1.82) is 0 Å². The van der Waals surface area contributed by atoms with Crippen LogP contribution in [0.3, 0.4) is 0 Å². The van der Waals surface area contributed by atoms with Crippen molar-refractivity contribution in [2.45, 2.75) is 18.1 Å². The quantitative estimate of drug-likeness (QED) is 0.869. The summed E-state index contributed by atoms with van der Waals surface area (Å²) in [7, 11) is 0. The van der Waals surface area contributed by atoms with Gasteiger partial charge in [0.2, 0.25) is 0 Å². The van der Waals surface area contributed by atoms with Gasteiger partial charge in [0, 0.05) is 19.5 Å². The first-order valence-electron chi connectivity index (χ1n) is 7.59.